The van der Waals surface area contributed by atoms with Gasteiger partial charge in [-0.3, -0.25) is 0 Å². The predicted molar refractivity (Wildman–Crippen MR) is 54.9 cm³/mol. The maximum absolute atomic E-state index is 8.96. The summed E-state index contributed by atoms with van der Waals surface area (Å²) < 4.78 is 4.99. The van der Waals surface area contributed by atoms with Crippen LogP contribution in [0.2, 0.25) is 5.02 Å². The molecule has 0 aliphatic heterocycles. The van der Waals surface area contributed by atoms with Crippen molar-refractivity contribution in [2.45, 2.75) is 5.92 Å². The van der Waals surface area contributed by atoms with Gasteiger partial charge in [0.25, 0.3) is 0 Å². The number of benzene rings is 1. The third-order valence-electron chi connectivity index (χ3n) is 2.09. The van der Waals surface area contributed by atoms with E-state index in [0.717, 1.165) is 5.56 Å². The van der Waals surface area contributed by atoms with Crippen LogP contribution in [0.3, 0.4) is 0 Å². The number of aliphatic hydroxyl groups excluding tert-OH is 2. The van der Waals surface area contributed by atoms with Crippen LogP contribution in [0, 0.1) is 0 Å². The third-order valence-corrected chi connectivity index (χ3v) is 2.38. The first-order valence-corrected chi connectivity index (χ1v) is 4.65. The zero-order valence-electron chi connectivity index (χ0n) is 7.90. The minimum absolute atomic E-state index is 0.0981. The molecule has 1 rings (SSSR count). The average Bonchev–Trinajstić information content (AvgIpc) is 2.20. The summed E-state index contributed by atoms with van der Waals surface area (Å²) in [6.45, 7) is -0.196. The lowest BCUT2D eigenvalue weighted by Gasteiger charge is -2.12. The van der Waals surface area contributed by atoms with Crippen LogP contribution in [0.1, 0.15) is 11.5 Å². The molecule has 0 bridgehead atoms. The molecule has 0 fully saturated rings. The molecule has 0 aliphatic rings. The molecular weight excluding hydrogens is 204 g/mol. The van der Waals surface area contributed by atoms with Crippen molar-refractivity contribution in [2.24, 2.45) is 0 Å². The second-order valence-corrected chi connectivity index (χ2v) is 3.36. The van der Waals surface area contributed by atoms with E-state index in [1.54, 1.807) is 18.2 Å². The summed E-state index contributed by atoms with van der Waals surface area (Å²) >= 11 is 5.90. The van der Waals surface area contributed by atoms with E-state index in [1.807, 2.05) is 0 Å². The molecule has 1 aromatic carbocycles. The van der Waals surface area contributed by atoms with Crippen LogP contribution in [0.25, 0.3) is 0 Å². The van der Waals surface area contributed by atoms with Crippen molar-refractivity contribution < 1.29 is 14.9 Å². The number of methoxy groups -OCH3 is 1. The first kappa shape index (κ1) is 11.3. The summed E-state index contributed by atoms with van der Waals surface area (Å²) in [5.74, 6) is 0.309. The Bertz CT molecular complexity index is 297. The summed E-state index contributed by atoms with van der Waals surface area (Å²) in [4.78, 5) is 0. The van der Waals surface area contributed by atoms with E-state index in [1.165, 1.54) is 7.11 Å². The van der Waals surface area contributed by atoms with Crippen LogP contribution in [-0.2, 0) is 0 Å². The number of aliphatic hydroxyl groups is 2. The molecule has 2 N–H and O–H groups in total. The summed E-state index contributed by atoms with van der Waals surface area (Å²) in [7, 11) is 1.54. The van der Waals surface area contributed by atoms with Gasteiger partial charge in [0.1, 0.15) is 5.75 Å². The molecule has 0 unspecified atom stereocenters. The number of rotatable bonds is 4. The van der Waals surface area contributed by atoms with Crippen molar-refractivity contribution in [2.75, 3.05) is 20.3 Å². The minimum atomic E-state index is -0.279. The Balaban J connectivity index is 2.95. The van der Waals surface area contributed by atoms with Crippen LogP contribution in [-0.4, -0.2) is 30.5 Å². The molecule has 0 saturated heterocycles. The van der Waals surface area contributed by atoms with E-state index in [0.29, 0.717) is 10.8 Å². The van der Waals surface area contributed by atoms with Crippen LogP contribution >= 0.6 is 11.6 Å². The van der Waals surface area contributed by atoms with Crippen molar-refractivity contribution in [3.05, 3.63) is 28.8 Å². The number of hydrogen-bond acceptors (Lipinski definition) is 3. The Hall–Kier alpha value is -0.770. The third kappa shape index (κ3) is 2.38. The summed E-state index contributed by atoms with van der Waals surface area (Å²) in [6.07, 6.45) is 0. The Morgan fingerprint density at radius 2 is 2.00 bits per heavy atom. The van der Waals surface area contributed by atoms with E-state index >= 15 is 0 Å². The van der Waals surface area contributed by atoms with Gasteiger partial charge in [0.05, 0.1) is 25.3 Å². The van der Waals surface area contributed by atoms with Crippen molar-refractivity contribution in [3.63, 3.8) is 0 Å². The van der Waals surface area contributed by atoms with E-state index in [2.05, 4.69) is 0 Å². The van der Waals surface area contributed by atoms with E-state index < -0.39 is 0 Å². The van der Waals surface area contributed by atoms with Gasteiger partial charge in [-0.2, -0.15) is 0 Å². The van der Waals surface area contributed by atoms with Crippen LogP contribution in [0.5, 0.6) is 5.75 Å². The normalized spacial score (nSPS) is 10.6. The fourth-order valence-corrected chi connectivity index (χ4v) is 1.47. The molecule has 3 nitrogen and oxygen atoms in total. The van der Waals surface area contributed by atoms with Gasteiger partial charge >= 0.3 is 0 Å². The number of ether oxygens (including phenoxy) is 1. The number of hydrogen-bond donors (Lipinski definition) is 2. The van der Waals surface area contributed by atoms with E-state index in [4.69, 9.17) is 26.6 Å². The minimum Gasteiger partial charge on any atom is -0.495 e. The lowest BCUT2D eigenvalue weighted by Crippen LogP contribution is -2.08. The monoisotopic (exact) mass is 216 g/mol. The van der Waals surface area contributed by atoms with Gasteiger partial charge in [-0.25, -0.2) is 0 Å². The quantitative estimate of drug-likeness (QED) is 0.801. The number of halogens is 1. The maximum Gasteiger partial charge on any atom is 0.137 e. The van der Waals surface area contributed by atoms with Gasteiger partial charge in [-0.05, 0) is 17.7 Å². The Labute approximate surface area is 87.9 Å². The van der Waals surface area contributed by atoms with Crippen LogP contribution in [0.15, 0.2) is 18.2 Å². The van der Waals surface area contributed by atoms with Gasteiger partial charge in [-0.1, -0.05) is 17.7 Å². The topological polar surface area (TPSA) is 49.7 Å². The second-order valence-electron chi connectivity index (χ2n) is 2.96. The van der Waals surface area contributed by atoms with Crippen molar-refractivity contribution in [1.29, 1.82) is 0 Å². The molecule has 1 aromatic rings. The molecule has 0 radical (unpaired) electrons. The molecule has 0 heterocycles. The highest BCUT2D eigenvalue weighted by molar-refractivity contribution is 6.32. The molecule has 0 aromatic heterocycles. The zero-order chi connectivity index (χ0) is 10.6. The SMILES string of the molecule is COc1ccc(C(CO)CO)cc1Cl. The predicted octanol–water partition coefficient (Wildman–Crippen LogP) is 1.42. The molecule has 4 heteroatoms. The largest absolute Gasteiger partial charge is 0.495 e. The fraction of sp³-hybridized carbons (Fsp3) is 0.400. The van der Waals surface area contributed by atoms with Crippen LogP contribution < -0.4 is 4.74 Å². The van der Waals surface area contributed by atoms with Gasteiger partial charge in [0, 0.05) is 5.92 Å². The van der Waals surface area contributed by atoms with Crippen molar-refractivity contribution in [1.82, 2.24) is 0 Å². The highest BCUT2D eigenvalue weighted by Gasteiger charge is 2.11. The van der Waals surface area contributed by atoms with Gasteiger partial charge in [-0.15, -0.1) is 0 Å². The Morgan fingerprint density at radius 1 is 1.36 bits per heavy atom. The van der Waals surface area contributed by atoms with Gasteiger partial charge in [0.15, 0.2) is 0 Å². The van der Waals surface area contributed by atoms with Crippen molar-refractivity contribution >= 4 is 11.6 Å². The molecular formula is C10H13ClO3. The first-order valence-electron chi connectivity index (χ1n) is 4.28. The Kier molecular flexibility index (Phi) is 4.20. The maximum atomic E-state index is 8.96. The molecule has 78 valence electrons. The lowest BCUT2D eigenvalue weighted by molar-refractivity contribution is 0.192. The average molecular weight is 217 g/mol. The fourth-order valence-electron chi connectivity index (χ4n) is 1.21. The lowest BCUT2D eigenvalue weighted by atomic mass is 10.0. The van der Waals surface area contributed by atoms with Crippen LogP contribution in [0.4, 0.5) is 0 Å². The molecule has 0 amide bonds. The molecule has 0 atom stereocenters. The summed E-state index contributed by atoms with van der Waals surface area (Å²) in [5.41, 5.74) is 0.806. The second kappa shape index (κ2) is 5.20. The van der Waals surface area contributed by atoms with Gasteiger partial charge in [0.2, 0.25) is 0 Å². The van der Waals surface area contributed by atoms with Crippen molar-refractivity contribution in [3.8, 4) is 5.75 Å². The summed E-state index contributed by atoms with van der Waals surface area (Å²) in [6, 6.07) is 5.19. The first-order chi connectivity index (χ1) is 6.72. The smallest absolute Gasteiger partial charge is 0.137 e. The highest BCUT2D eigenvalue weighted by Crippen LogP contribution is 2.27. The summed E-state index contributed by atoms with van der Waals surface area (Å²) in [5, 5.41) is 18.4. The standard InChI is InChI=1S/C10H13ClO3/c1-14-10-3-2-7(4-9(10)11)8(5-12)6-13/h2-4,8,12-13H,5-6H2,1H3. The molecule has 14 heavy (non-hydrogen) atoms. The Morgan fingerprint density at radius 3 is 2.43 bits per heavy atom. The van der Waals surface area contributed by atoms with E-state index in [9.17, 15) is 0 Å². The highest BCUT2D eigenvalue weighted by atomic mass is 35.5. The van der Waals surface area contributed by atoms with Gasteiger partial charge < -0.3 is 14.9 Å². The molecule has 0 saturated carbocycles. The van der Waals surface area contributed by atoms with E-state index in [-0.39, 0.29) is 19.1 Å². The zero-order valence-corrected chi connectivity index (χ0v) is 8.66. The molecule has 0 spiro atoms. The molecule has 0 aliphatic carbocycles.